The number of rotatable bonds is 4. The first-order valence-electron chi connectivity index (χ1n) is 5.96. The van der Waals surface area contributed by atoms with Gasteiger partial charge < -0.3 is 0 Å². The predicted octanol–water partition coefficient (Wildman–Crippen LogP) is 1.99. The van der Waals surface area contributed by atoms with Crippen molar-refractivity contribution in [1.29, 1.82) is 5.26 Å². The molecule has 0 spiro atoms. The molecule has 0 bridgehead atoms. The summed E-state index contributed by atoms with van der Waals surface area (Å²) in [6.45, 7) is 1.72. The number of benzene rings is 1. The Morgan fingerprint density at radius 2 is 2.05 bits per heavy atom. The van der Waals surface area contributed by atoms with Crippen LogP contribution in [0.4, 0.5) is 0 Å². The van der Waals surface area contributed by atoms with Crippen LogP contribution in [0, 0.1) is 11.3 Å². The van der Waals surface area contributed by atoms with E-state index in [4.69, 9.17) is 5.26 Å². The van der Waals surface area contributed by atoms with Gasteiger partial charge in [-0.1, -0.05) is 12.1 Å². The minimum Gasteiger partial charge on any atom is -0.260 e. The molecule has 1 aromatic carbocycles. The zero-order valence-electron chi connectivity index (χ0n) is 10.8. The summed E-state index contributed by atoms with van der Waals surface area (Å²) in [6, 6.07) is 12.7. The van der Waals surface area contributed by atoms with Crippen molar-refractivity contribution in [1.82, 2.24) is 9.71 Å². The third kappa shape index (κ3) is 3.20. The zero-order valence-corrected chi connectivity index (χ0v) is 11.6. The Morgan fingerprint density at radius 1 is 1.25 bits per heavy atom. The summed E-state index contributed by atoms with van der Waals surface area (Å²) >= 11 is 0. The molecule has 6 heteroatoms. The van der Waals surface area contributed by atoms with Gasteiger partial charge in [0.05, 0.1) is 28.3 Å². The number of hydrogen-bond acceptors (Lipinski definition) is 4. The van der Waals surface area contributed by atoms with E-state index in [1.54, 1.807) is 43.5 Å². The molecule has 20 heavy (non-hydrogen) atoms. The van der Waals surface area contributed by atoms with Gasteiger partial charge in [0.15, 0.2) is 0 Å². The first-order chi connectivity index (χ1) is 9.53. The Labute approximate surface area is 118 Å². The van der Waals surface area contributed by atoms with Crippen molar-refractivity contribution in [3.05, 3.63) is 59.9 Å². The van der Waals surface area contributed by atoms with Crippen molar-refractivity contribution < 1.29 is 8.42 Å². The number of nitrogens with zero attached hydrogens (tertiary/aromatic N) is 2. The van der Waals surface area contributed by atoms with E-state index >= 15 is 0 Å². The average Bonchev–Trinajstić information content (AvgIpc) is 2.48. The molecular formula is C14H13N3O2S. The molecule has 2 rings (SSSR count). The third-order valence-electron chi connectivity index (χ3n) is 2.74. The van der Waals surface area contributed by atoms with E-state index in [1.807, 2.05) is 6.07 Å². The first-order valence-corrected chi connectivity index (χ1v) is 7.44. The molecule has 1 aromatic heterocycles. The normalized spacial score (nSPS) is 12.6. The van der Waals surface area contributed by atoms with Crippen LogP contribution in [0.5, 0.6) is 0 Å². The van der Waals surface area contributed by atoms with Crippen molar-refractivity contribution in [2.24, 2.45) is 0 Å². The molecule has 1 N–H and O–H groups in total. The van der Waals surface area contributed by atoms with Gasteiger partial charge in [0.1, 0.15) is 0 Å². The predicted molar refractivity (Wildman–Crippen MR) is 74.1 cm³/mol. The molecule has 0 radical (unpaired) electrons. The highest BCUT2D eigenvalue weighted by atomic mass is 32.2. The fourth-order valence-electron chi connectivity index (χ4n) is 1.73. The van der Waals surface area contributed by atoms with Gasteiger partial charge in [-0.15, -0.1) is 0 Å². The molecule has 1 atom stereocenters. The van der Waals surface area contributed by atoms with E-state index in [0.29, 0.717) is 11.3 Å². The van der Waals surface area contributed by atoms with Gasteiger partial charge in [-0.2, -0.15) is 5.26 Å². The molecule has 0 fully saturated rings. The molecule has 0 aliphatic heterocycles. The number of nitrogens with one attached hydrogen (secondary N) is 1. The molecule has 0 amide bonds. The average molecular weight is 287 g/mol. The Morgan fingerprint density at radius 3 is 2.70 bits per heavy atom. The van der Waals surface area contributed by atoms with Gasteiger partial charge in [-0.25, -0.2) is 13.1 Å². The van der Waals surface area contributed by atoms with Crippen LogP contribution < -0.4 is 4.72 Å². The van der Waals surface area contributed by atoms with Crippen molar-refractivity contribution in [3.63, 3.8) is 0 Å². The molecular weight excluding hydrogens is 274 g/mol. The number of hydrogen-bond donors (Lipinski definition) is 1. The van der Waals surface area contributed by atoms with Crippen molar-refractivity contribution in [3.8, 4) is 6.07 Å². The van der Waals surface area contributed by atoms with Gasteiger partial charge in [0, 0.05) is 6.20 Å². The standard InChI is InChI=1S/C14H13N3O2S/c1-11(14-7-2-3-8-16-14)17-20(18,19)13-6-4-5-12(9-13)10-15/h2-9,11,17H,1H3/t11-/m0/s1. The highest BCUT2D eigenvalue weighted by Gasteiger charge is 2.19. The molecule has 102 valence electrons. The molecule has 2 aromatic rings. The molecule has 1 heterocycles. The van der Waals surface area contributed by atoms with Crippen LogP contribution in [-0.2, 0) is 10.0 Å². The summed E-state index contributed by atoms with van der Waals surface area (Å²) in [5.41, 5.74) is 0.936. The molecule has 0 aliphatic carbocycles. The number of sulfonamides is 1. The van der Waals surface area contributed by atoms with Crippen LogP contribution in [0.1, 0.15) is 24.2 Å². The summed E-state index contributed by atoms with van der Waals surface area (Å²) in [5.74, 6) is 0. The third-order valence-corrected chi connectivity index (χ3v) is 4.28. The van der Waals surface area contributed by atoms with E-state index in [-0.39, 0.29) is 4.90 Å². The van der Waals surface area contributed by atoms with Crippen molar-refractivity contribution in [2.75, 3.05) is 0 Å². The maximum absolute atomic E-state index is 12.2. The van der Waals surface area contributed by atoms with Crippen LogP contribution in [0.3, 0.4) is 0 Å². The topological polar surface area (TPSA) is 82.9 Å². The number of pyridine rings is 1. The van der Waals surface area contributed by atoms with Gasteiger partial charge >= 0.3 is 0 Å². The van der Waals surface area contributed by atoms with Crippen LogP contribution in [0.2, 0.25) is 0 Å². The summed E-state index contributed by atoms with van der Waals surface area (Å²) in [7, 11) is -3.68. The molecule has 0 saturated carbocycles. The summed E-state index contributed by atoms with van der Waals surface area (Å²) in [5, 5.41) is 8.81. The van der Waals surface area contributed by atoms with Crippen LogP contribution >= 0.6 is 0 Å². The zero-order chi connectivity index (χ0) is 14.6. The van der Waals surface area contributed by atoms with E-state index < -0.39 is 16.1 Å². The van der Waals surface area contributed by atoms with Crippen LogP contribution in [-0.4, -0.2) is 13.4 Å². The Kier molecular flexibility index (Phi) is 4.13. The number of nitriles is 1. The summed E-state index contributed by atoms with van der Waals surface area (Å²) in [4.78, 5) is 4.18. The van der Waals surface area contributed by atoms with E-state index in [1.165, 1.54) is 12.1 Å². The minimum atomic E-state index is -3.68. The second-order valence-electron chi connectivity index (χ2n) is 4.24. The fourth-order valence-corrected chi connectivity index (χ4v) is 2.99. The minimum absolute atomic E-state index is 0.0688. The van der Waals surface area contributed by atoms with Crippen molar-refractivity contribution in [2.45, 2.75) is 17.9 Å². The number of aromatic nitrogens is 1. The van der Waals surface area contributed by atoms with Crippen LogP contribution in [0.15, 0.2) is 53.6 Å². The Bertz CT molecular complexity index is 737. The lowest BCUT2D eigenvalue weighted by molar-refractivity contribution is 0.564. The Hall–Kier alpha value is -2.23. The van der Waals surface area contributed by atoms with E-state index in [0.717, 1.165) is 0 Å². The van der Waals surface area contributed by atoms with Gasteiger partial charge in [-0.05, 0) is 37.3 Å². The van der Waals surface area contributed by atoms with Gasteiger partial charge in [0.2, 0.25) is 10.0 Å². The lowest BCUT2D eigenvalue weighted by atomic mass is 10.2. The highest BCUT2D eigenvalue weighted by Crippen LogP contribution is 2.16. The molecule has 0 saturated heterocycles. The lowest BCUT2D eigenvalue weighted by Crippen LogP contribution is -2.27. The SMILES string of the molecule is C[C@H](NS(=O)(=O)c1cccc(C#N)c1)c1ccccn1. The molecule has 0 unspecified atom stereocenters. The maximum Gasteiger partial charge on any atom is 0.241 e. The second-order valence-corrected chi connectivity index (χ2v) is 5.95. The molecule has 5 nitrogen and oxygen atoms in total. The quantitative estimate of drug-likeness (QED) is 0.932. The van der Waals surface area contributed by atoms with Gasteiger partial charge in [0.25, 0.3) is 0 Å². The maximum atomic E-state index is 12.2. The van der Waals surface area contributed by atoms with Crippen LogP contribution in [0.25, 0.3) is 0 Å². The fraction of sp³-hybridized carbons (Fsp3) is 0.143. The van der Waals surface area contributed by atoms with E-state index in [9.17, 15) is 8.42 Å². The van der Waals surface area contributed by atoms with E-state index in [2.05, 4.69) is 9.71 Å². The first kappa shape index (κ1) is 14.2. The van der Waals surface area contributed by atoms with Crippen molar-refractivity contribution >= 4 is 10.0 Å². The largest absolute Gasteiger partial charge is 0.260 e. The summed E-state index contributed by atoms with van der Waals surface area (Å²) in [6.07, 6.45) is 1.61. The smallest absolute Gasteiger partial charge is 0.241 e. The monoisotopic (exact) mass is 287 g/mol. The second kappa shape index (κ2) is 5.82. The highest BCUT2D eigenvalue weighted by molar-refractivity contribution is 7.89. The lowest BCUT2D eigenvalue weighted by Gasteiger charge is -2.13. The van der Waals surface area contributed by atoms with Gasteiger partial charge in [-0.3, -0.25) is 4.98 Å². The summed E-state index contributed by atoms with van der Waals surface area (Å²) < 4.78 is 27.0. The Balaban J connectivity index is 2.25. The molecule has 0 aliphatic rings.